The second kappa shape index (κ2) is 13.5. The summed E-state index contributed by atoms with van der Waals surface area (Å²) in [5.41, 5.74) is 3.91. The lowest BCUT2D eigenvalue weighted by Crippen LogP contribution is -2.44. The monoisotopic (exact) mass is 534 g/mol. The molecule has 4 rings (SSSR count). The van der Waals surface area contributed by atoms with Crippen molar-refractivity contribution in [2.75, 3.05) is 6.54 Å². The zero-order chi connectivity index (χ0) is 26.0. The van der Waals surface area contributed by atoms with Crippen LogP contribution in [0, 0.1) is 0 Å². The van der Waals surface area contributed by atoms with Gasteiger partial charge in [0.05, 0.1) is 6.42 Å². The maximum Gasteiger partial charge on any atom is 0.247 e. The average Bonchev–Trinajstić information content (AvgIpc) is 2.92. The summed E-state index contributed by atoms with van der Waals surface area (Å²) in [7, 11) is 0. The summed E-state index contributed by atoms with van der Waals surface area (Å²) in [6.07, 6.45) is 7.95. The molecule has 0 bridgehead atoms. The lowest BCUT2D eigenvalue weighted by Gasteiger charge is -2.32. The number of rotatable bonds is 10. The van der Waals surface area contributed by atoms with Crippen LogP contribution in [0.2, 0.25) is 10.0 Å². The molecular weight excluding hydrogens is 503 g/mol. The Kier molecular flexibility index (Phi) is 9.81. The van der Waals surface area contributed by atoms with Crippen LogP contribution in [0.4, 0.5) is 0 Å². The van der Waals surface area contributed by atoms with E-state index in [9.17, 15) is 9.59 Å². The van der Waals surface area contributed by atoms with E-state index >= 15 is 0 Å². The van der Waals surface area contributed by atoms with Crippen molar-refractivity contribution in [1.29, 1.82) is 0 Å². The Labute approximate surface area is 229 Å². The summed E-state index contributed by atoms with van der Waals surface area (Å²) in [6.45, 7) is 0.829. The van der Waals surface area contributed by atoms with E-state index < -0.39 is 6.04 Å². The normalized spacial score (nSPS) is 13.9. The predicted octanol–water partition coefficient (Wildman–Crippen LogP) is 7.31. The third-order valence-electron chi connectivity index (χ3n) is 6.66. The number of allylic oxidation sites excluding steroid dienone is 1. The molecule has 1 aliphatic carbocycles. The minimum absolute atomic E-state index is 0.142. The number of nitrogens with one attached hydrogen (secondary N) is 1. The molecule has 0 radical (unpaired) electrons. The van der Waals surface area contributed by atoms with Crippen molar-refractivity contribution in [3.8, 4) is 0 Å². The van der Waals surface area contributed by atoms with E-state index in [1.807, 2.05) is 54.6 Å². The molecule has 1 N–H and O–H groups in total. The highest BCUT2D eigenvalue weighted by Gasteiger charge is 2.31. The maximum atomic E-state index is 13.8. The van der Waals surface area contributed by atoms with Crippen molar-refractivity contribution in [3.05, 3.63) is 117 Å². The molecule has 1 unspecified atom stereocenters. The summed E-state index contributed by atoms with van der Waals surface area (Å²) < 4.78 is 0. The van der Waals surface area contributed by atoms with Crippen molar-refractivity contribution in [1.82, 2.24) is 10.2 Å². The molecule has 0 heterocycles. The molecule has 6 heteroatoms. The standard InChI is InChI=1S/C31H32Cl2N2O2/c32-27-15-11-24(12-16-27)21-29(36)35(22-25-13-17-28(33)18-14-25)30(26-9-5-2-6-10-26)31(37)34-20-19-23-7-3-1-4-8-23/h2,5-7,9-18,30H,1,3-4,8,19-22H2,(H,34,37). The van der Waals surface area contributed by atoms with Crippen LogP contribution in [0.25, 0.3) is 0 Å². The van der Waals surface area contributed by atoms with Crippen molar-refractivity contribution in [2.45, 2.75) is 51.1 Å². The zero-order valence-corrected chi connectivity index (χ0v) is 22.3. The van der Waals surface area contributed by atoms with Crippen LogP contribution in [0.3, 0.4) is 0 Å². The molecule has 0 saturated carbocycles. The minimum atomic E-state index is -0.767. The first-order valence-electron chi connectivity index (χ1n) is 12.8. The van der Waals surface area contributed by atoms with Gasteiger partial charge in [-0.25, -0.2) is 0 Å². The number of hydrogen-bond donors (Lipinski definition) is 1. The van der Waals surface area contributed by atoms with Crippen LogP contribution < -0.4 is 5.32 Å². The highest BCUT2D eigenvalue weighted by molar-refractivity contribution is 6.30. The lowest BCUT2D eigenvalue weighted by molar-refractivity contribution is -0.141. The smallest absolute Gasteiger partial charge is 0.247 e. The molecule has 0 fully saturated rings. The molecule has 0 saturated heterocycles. The Morgan fingerprint density at radius 3 is 2.11 bits per heavy atom. The summed E-state index contributed by atoms with van der Waals surface area (Å²) in [5, 5.41) is 4.35. The quantitative estimate of drug-likeness (QED) is 0.277. The average molecular weight is 536 g/mol. The van der Waals surface area contributed by atoms with Gasteiger partial charge in [-0.05, 0) is 73.1 Å². The van der Waals surface area contributed by atoms with Gasteiger partial charge in [0.25, 0.3) is 0 Å². The van der Waals surface area contributed by atoms with Gasteiger partial charge in [-0.2, -0.15) is 0 Å². The van der Waals surface area contributed by atoms with E-state index in [1.165, 1.54) is 18.4 Å². The van der Waals surface area contributed by atoms with Gasteiger partial charge in [0, 0.05) is 23.1 Å². The van der Waals surface area contributed by atoms with E-state index in [-0.39, 0.29) is 24.8 Å². The predicted molar refractivity (Wildman–Crippen MR) is 151 cm³/mol. The molecule has 4 nitrogen and oxygen atoms in total. The number of halogens is 2. The van der Waals surface area contributed by atoms with E-state index in [0.717, 1.165) is 36.0 Å². The minimum Gasteiger partial charge on any atom is -0.354 e. The van der Waals surface area contributed by atoms with Gasteiger partial charge >= 0.3 is 0 Å². The molecule has 0 aromatic heterocycles. The molecule has 1 aliphatic rings. The van der Waals surface area contributed by atoms with Crippen LogP contribution in [-0.4, -0.2) is 23.3 Å². The highest BCUT2D eigenvalue weighted by atomic mass is 35.5. The van der Waals surface area contributed by atoms with Gasteiger partial charge in [-0.15, -0.1) is 0 Å². The third kappa shape index (κ3) is 7.95. The van der Waals surface area contributed by atoms with E-state index in [2.05, 4.69) is 11.4 Å². The second-order valence-electron chi connectivity index (χ2n) is 9.41. The fourth-order valence-corrected chi connectivity index (χ4v) is 4.92. The first-order chi connectivity index (χ1) is 18.0. The van der Waals surface area contributed by atoms with Crippen molar-refractivity contribution >= 4 is 35.0 Å². The van der Waals surface area contributed by atoms with Gasteiger partial charge in [-0.3, -0.25) is 9.59 Å². The molecule has 0 aliphatic heterocycles. The van der Waals surface area contributed by atoms with Gasteiger partial charge < -0.3 is 10.2 Å². The molecule has 0 spiro atoms. The summed E-state index contributed by atoms with van der Waals surface area (Å²) in [6, 6.07) is 23.3. The van der Waals surface area contributed by atoms with Gasteiger partial charge in [-0.1, -0.05) is 89.4 Å². The number of amides is 2. The Balaban J connectivity index is 1.60. The van der Waals surface area contributed by atoms with Crippen molar-refractivity contribution in [2.24, 2.45) is 0 Å². The van der Waals surface area contributed by atoms with Crippen LogP contribution >= 0.6 is 23.2 Å². The van der Waals surface area contributed by atoms with Crippen LogP contribution in [0.5, 0.6) is 0 Å². The molecule has 3 aromatic rings. The number of carbonyl (C=O) groups excluding carboxylic acids is 2. The Bertz CT molecular complexity index is 1210. The SMILES string of the molecule is O=C(NCCC1=CCCCC1)C(c1ccccc1)N(Cc1ccc(Cl)cc1)C(=O)Cc1ccc(Cl)cc1. The molecule has 1 atom stereocenters. The van der Waals surface area contributed by atoms with Crippen molar-refractivity contribution < 1.29 is 9.59 Å². The van der Waals surface area contributed by atoms with Gasteiger partial charge in [0.2, 0.25) is 11.8 Å². The lowest BCUT2D eigenvalue weighted by atomic mass is 9.97. The molecule has 2 amide bonds. The summed E-state index contributed by atoms with van der Waals surface area (Å²) in [5.74, 6) is -0.322. The fraction of sp³-hybridized carbons (Fsp3) is 0.290. The largest absolute Gasteiger partial charge is 0.354 e. The number of carbonyl (C=O) groups is 2. The van der Waals surface area contributed by atoms with Crippen LogP contribution in [0.1, 0.15) is 54.8 Å². The number of benzene rings is 3. The molecule has 37 heavy (non-hydrogen) atoms. The molecule has 3 aromatic carbocycles. The molecule has 192 valence electrons. The number of nitrogens with zero attached hydrogens (tertiary/aromatic N) is 1. The molecular formula is C31H32Cl2N2O2. The number of hydrogen-bond acceptors (Lipinski definition) is 2. The second-order valence-corrected chi connectivity index (χ2v) is 10.3. The Morgan fingerprint density at radius 2 is 1.49 bits per heavy atom. The van der Waals surface area contributed by atoms with Gasteiger partial charge in [0.1, 0.15) is 6.04 Å². The first kappa shape index (κ1) is 27.0. The Hall–Kier alpha value is -3.08. The zero-order valence-electron chi connectivity index (χ0n) is 20.8. The van der Waals surface area contributed by atoms with Crippen LogP contribution in [-0.2, 0) is 22.6 Å². The van der Waals surface area contributed by atoms with Gasteiger partial charge in [0.15, 0.2) is 0 Å². The third-order valence-corrected chi connectivity index (χ3v) is 7.16. The van der Waals surface area contributed by atoms with Crippen LogP contribution in [0.15, 0.2) is 90.5 Å². The summed E-state index contributed by atoms with van der Waals surface area (Å²) in [4.78, 5) is 29.2. The van der Waals surface area contributed by atoms with E-state index in [4.69, 9.17) is 23.2 Å². The summed E-state index contributed by atoms with van der Waals surface area (Å²) >= 11 is 12.1. The van der Waals surface area contributed by atoms with Crippen molar-refractivity contribution in [3.63, 3.8) is 0 Å². The van der Waals surface area contributed by atoms with E-state index in [1.54, 1.807) is 29.2 Å². The highest BCUT2D eigenvalue weighted by Crippen LogP contribution is 2.26. The fourth-order valence-electron chi connectivity index (χ4n) is 4.67. The van der Waals surface area contributed by atoms with E-state index in [0.29, 0.717) is 16.6 Å². The topological polar surface area (TPSA) is 49.4 Å². The maximum absolute atomic E-state index is 13.8. The Morgan fingerprint density at radius 1 is 0.838 bits per heavy atom. The first-order valence-corrected chi connectivity index (χ1v) is 13.5.